The molecule has 2 unspecified atom stereocenters. The van der Waals surface area contributed by atoms with Gasteiger partial charge in [0.1, 0.15) is 5.75 Å². The molecule has 1 amide bonds. The van der Waals surface area contributed by atoms with Gasteiger partial charge in [-0.25, -0.2) is 0 Å². The van der Waals surface area contributed by atoms with Crippen LogP contribution in [0.15, 0.2) is 22.7 Å². The first kappa shape index (κ1) is 16.6. The zero-order valence-electron chi connectivity index (χ0n) is 11.6. The van der Waals surface area contributed by atoms with Crippen LogP contribution in [0.5, 0.6) is 5.75 Å². The number of benzene rings is 1. The van der Waals surface area contributed by atoms with Crippen molar-refractivity contribution >= 4 is 33.4 Å². The number of ether oxygens (including phenoxy) is 1. The number of rotatable bonds is 6. The SMILES string of the molecule is O=C(COc1ccc(Br)cc1Cl)NCC1CCCC1CO. The summed E-state index contributed by atoms with van der Waals surface area (Å²) in [6, 6.07) is 5.25. The maximum Gasteiger partial charge on any atom is 0.257 e. The van der Waals surface area contributed by atoms with Crippen molar-refractivity contribution in [1.82, 2.24) is 5.32 Å². The average Bonchev–Trinajstić information content (AvgIpc) is 2.91. The van der Waals surface area contributed by atoms with Gasteiger partial charge in [-0.05, 0) is 42.9 Å². The minimum absolute atomic E-state index is 0.0577. The van der Waals surface area contributed by atoms with Crippen LogP contribution in [0.25, 0.3) is 0 Å². The molecule has 6 heteroatoms. The van der Waals surface area contributed by atoms with Crippen molar-refractivity contribution in [2.45, 2.75) is 19.3 Å². The van der Waals surface area contributed by atoms with E-state index in [1.54, 1.807) is 12.1 Å². The molecule has 2 rings (SSSR count). The zero-order valence-corrected chi connectivity index (χ0v) is 14.0. The third kappa shape index (κ3) is 4.87. The van der Waals surface area contributed by atoms with Crippen LogP contribution >= 0.6 is 27.5 Å². The molecule has 4 nitrogen and oxygen atoms in total. The standard InChI is InChI=1S/C15H19BrClNO3/c16-12-4-5-14(13(17)6-12)21-9-15(20)18-7-10-2-1-3-11(10)8-19/h4-6,10-11,19H,1-3,7-9H2,(H,18,20). The first-order valence-corrected chi connectivity index (χ1v) is 8.22. The van der Waals surface area contributed by atoms with Gasteiger partial charge in [0.2, 0.25) is 0 Å². The van der Waals surface area contributed by atoms with Gasteiger partial charge in [-0.1, -0.05) is 34.0 Å². The summed E-state index contributed by atoms with van der Waals surface area (Å²) in [5.74, 6) is 1.00. The molecule has 1 aliphatic carbocycles. The number of hydrogen-bond acceptors (Lipinski definition) is 3. The van der Waals surface area contributed by atoms with E-state index in [0.29, 0.717) is 29.2 Å². The van der Waals surface area contributed by atoms with Crippen LogP contribution in [0.1, 0.15) is 19.3 Å². The second-order valence-corrected chi connectivity index (χ2v) is 6.62. The molecule has 21 heavy (non-hydrogen) atoms. The molecular formula is C15H19BrClNO3. The van der Waals surface area contributed by atoms with Crippen molar-refractivity contribution in [2.24, 2.45) is 11.8 Å². The fourth-order valence-corrected chi connectivity index (χ4v) is 3.38. The van der Waals surface area contributed by atoms with E-state index in [9.17, 15) is 9.90 Å². The number of nitrogens with one attached hydrogen (secondary N) is 1. The van der Waals surface area contributed by atoms with E-state index < -0.39 is 0 Å². The molecule has 0 aromatic heterocycles. The summed E-state index contributed by atoms with van der Waals surface area (Å²) in [7, 11) is 0. The summed E-state index contributed by atoms with van der Waals surface area (Å²) in [4.78, 5) is 11.8. The van der Waals surface area contributed by atoms with Crippen LogP contribution in [0, 0.1) is 11.8 Å². The molecule has 1 fully saturated rings. The quantitative estimate of drug-likeness (QED) is 0.802. The summed E-state index contributed by atoms with van der Waals surface area (Å²) in [6.07, 6.45) is 3.23. The van der Waals surface area contributed by atoms with Crippen molar-refractivity contribution in [2.75, 3.05) is 19.8 Å². The largest absolute Gasteiger partial charge is 0.482 e. The topological polar surface area (TPSA) is 58.6 Å². The van der Waals surface area contributed by atoms with Gasteiger partial charge in [0.15, 0.2) is 6.61 Å². The van der Waals surface area contributed by atoms with Crippen LogP contribution < -0.4 is 10.1 Å². The van der Waals surface area contributed by atoms with E-state index >= 15 is 0 Å². The Kier molecular flexibility index (Phi) is 6.33. The van der Waals surface area contributed by atoms with Crippen molar-refractivity contribution < 1.29 is 14.6 Å². The van der Waals surface area contributed by atoms with E-state index in [0.717, 1.165) is 23.7 Å². The van der Waals surface area contributed by atoms with Crippen molar-refractivity contribution in [3.8, 4) is 5.75 Å². The molecule has 1 aromatic carbocycles. The molecule has 1 aliphatic rings. The minimum atomic E-state index is -0.169. The van der Waals surface area contributed by atoms with Crippen molar-refractivity contribution in [3.63, 3.8) is 0 Å². The first-order valence-electron chi connectivity index (χ1n) is 7.05. The lowest BCUT2D eigenvalue weighted by Crippen LogP contribution is -2.34. The highest BCUT2D eigenvalue weighted by Gasteiger charge is 2.26. The summed E-state index contributed by atoms with van der Waals surface area (Å²) in [5, 5.41) is 12.6. The van der Waals surface area contributed by atoms with Gasteiger partial charge < -0.3 is 15.2 Å². The van der Waals surface area contributed by atoms with Gasteiger partial charge in [-0.15, -0.1) is 0 Å². The predicted molar refractivity (Wildman–Crippen MR) is 85.6 cm³/mol. The maximum atomic E-state index is 11.8. The highest BCUT2D eigenvalue weighted by Crippen LogP contribution is 2.30. The Bertz CT molecular complexity index is 498. The van der Waals surface area contributed by atoms with Crippen LogP contribution in [0.4, 0.5) is 0 Å². The van der Waals surface area contributed by atoms with E-state index in [2.05, 4.69) is 21.2 Å². The van der Waals surface area contributed by atoms with Gasteiger partial charge in [0.25, 0.3) is 5.91 Å². The fourth-order valence-electron chi connectivity index (χ4n) is 2.65. The fraction of sp³-hybridized carbons (Fsp3) is 0.533. The summed E-state index contributed by atoms with van der Waals surface area (Å²) < 4.78 is 6.27. The number of halogens is 2. The Morgan fingerprint density at radius 2 is 2.19 bits per heavy atom. The third-order valence-corrected chi connectivity index (χ3v) is 4.65. The molecule has 116 valence electrons. The monoisotopic (exact) mass is 375 g/mol. The van der Waals surface area contributed by atoms with E-state index in [1.807, 2.05) is 6.07 Å². The van der Waals surface area contributed by atoms with Crippen LogP contribution in [-0.4, -0.2) is 30.8 Å². The molecule has 2 N–H and O–H groups in total. The van der Waals surface area contributed by atoms with Gasteiger partial charge in [0, 0.05) is 17.6 Å². The number of carbonyl (C=O) groups is 1. The highest BCUT2D eigenvalue weighted by atomic mass is 79.9. The third-order valence-electron chi connectivity index (χ3n) is 3.87. The molecule has 0 spiro atoms. The molecule has 0 saturated heterocycles. The van der Waals surface area contributed by atoms with Gasteiger partial charge in [0.05, 0.1) is 5.02 Å². The Labute approximate surface area is 138 Å². The summed E-state index contributed by atoms with van der Waals surface area (Å²) in [5.41, 5.74) is 0. The van der Waals surface area contributed by atoms with E-state index in [4.69, 9.17) is 16.3 Å². The molecule has 0 heterocycles. The molecule has 1 aromatic rings. The zero-order chi connectivity index (χ0) is 15.2. The molecule has 2 atom stereocenters. The van der Waals surface area contributed by atoms with Gasteiger partial charge in [-0.3, -0.25) is 4.79 Å². The Morgan fingerprint density at radius 1 is 1.43 bits per heavy atom. The van der Waals surface area contributed by atoms with Gasteiger partial charge in [-0.2, -0.15) is 0 Å². The van der Waals surface area contributed by atoms with Crippen molar-refractivity contribution in [1.29, 1.82) is 0 Å². The summed E-state index contributed by atoms with van der Waals surface area (Å²) in [6.45, 7) is 0.741. The van der Waals surface area contributed by atoms with Crippen LogP contribution in [0.3, 0.4) is 0 Å². The number of aliphatic hydroxyl groups is 1. The number of amides is 1. The second kappa shape index (κ2) is 8.01. The number of hydrogen-bond donors (Lipinski definition) is 2. The smallest absolute Gasteiger partial charge is 0.257 e. The Morgan fingerprint density at radius 3 is 2.90 bits per heavy atom. The molecule has 0 aliphatic heterocycles. The first-order chi connectivity index (χ1) is 10.1. The molecule has 0 bridgehead atoms. The predicted octanol–water partition coefficient (Wildman–Crippen LogP) is 3.01. The lowest BCUT2D eigenvalue weighted by atomic mass is 9.97. The maximum absolute atomic E-state index is 11.8. The van der Waals surface area contributed by atoms with E-state index in [1.165, 1.54) is 0 Å². The van der Waals surface area contributed by atoms with Crippen molar-refractivity contribution in [3.05, 3.63) is 27.7 Å². The highest BCUT2D eigenvalue weighted by molar-refractivity contribution is 9.10. The van der Waals surface area contributed by atoms with Gasteiger partial charge >= 0.3 is 0 Å². The normalized spacial score (nSPS) is 21.3. The second-order valence-electron chi connectivity index (χ2n) is 5.30. The summed E-state index contributed by atoms with van der Waals surface area (Å²) >= 11 is 9.33. The molecular weight excluding hydrogens is 358 g/mol. The lowest BCUT2D eigenvalue weighted by Gasteiger charge is -2.17. The van der Waals surface area contributed by atoms with Crippen LogP contribution in [0.2, 0.25) is 5.02 Å². The Balaban J connectivity index is 1.74. The number of carbonyl (C=O) groups excluding carboxylic acids is 1. The van der Waals surface area contributed by atoms with Crippen LogP contribution in [-0.2, 0) is 4.79 Å². The minimum Gasteiger partial charge on any atom is -0.482 e. The molecule has 0 radical (unpaired) electrons. The molecule has 1 saturated carbocycles. The number of aliphatic hydroxyl groups excluding tert-OH is 1. The lowest BCUT2D eigenvalue weighted by molar-refractivity contribution is -0.123. The van der Waals surface area contributed by atoms with E-state index in [-0.39, 0.29) is 19.1 Å². The Hall–Kier alpha value is -0.780. The average molecular weight is 377 g/mol.